The molecule has 39 heavy (non-hydrogen) atoms. The highest BCUT2D eigenvalue weighted by atomic mass is 16.7. The van der Waals surface area contributed by atoms with E-state index in [2.05, 4.69) is 31.7 Å². The summed E-state index contributed by atoms with van der Waals surface area (Å²) in [6, 6.07) is 3.31. The highest BCUT2D eigenvalue weighted by Crippen LogP contribution is 2.46. The van der Waals surface area contributed by atoms with E-state index in [4.69, 9.17) is 15.2 Å². The molecule has 1 aromatic carbocycles. The van der Waals surface area contributed by atoms with E-state index >= 15 is 0 Å². The lowest BCUT2D eigenvalue weighted by Crippen LogP contribution is -2.46. The number of nitrogens with zero attached hydrogens (tertiary/aromatic N) is 2. The summed E-state index contributed by atoms with van der Waals surface area (Å²) in [4.78, 5) is 30.4. The Bertz CT molecular complexity index is 1030. The Morgan fingerprint density at radius 1 is 1.21 bits per heavy atom. The number of fused-ring (bicyclic) bond motifs is 1. The van der Waals surface area contributed by atoms with Crippen molar-refractivity contribution in [1.82, 2.24) is 9.80 Å². The summed E-state index contributed by atoms with van der Waals surface area (Å²) in [6.07, 6.45) is 5.39. The molecule has 0 saturated carbocycles. The smallest absolute Gasteiger partial charge is 0.308 e. The molecule has 0 aliphatic carbocycles. The number of amides is 1. The van der Waals surface area contributed by atoms with Crippen molar-refractivity contribution in [2.45, 2.75) is 78.9 Å². The van der Waals surface area contributed by atoms with Gasteiger partial charge in [0.2, 0.25) is 12.7 Å². The summed E-state index contributed by atoms with van der Waals surface area (Å²) in [5.74, 6) is -0.968. The second-order valence-electron chi connectivity index (χ2n) is 11.8. The monoisotopic (exact) mass is 545 g/mol. The fourth-order valence-electron chi connectivity index (χ4n) is 6.17. The first-order valence-electron chi connectivity index (χ1n) is 14.1. The van der Waals surface area contributed by atoms with Crippen molar-refractivity contribution in [1.29, 1.82) is 0 Å². The molecule has 1 saturated heterocycles. The topological polar surface area (TPSA) is 126 Å². The molecule has 0 unspecified atom stereocenters. The van der Waals surface area contributed by atoms with Gasteiger partial charge in [-0.25, -0.2) is 0 Å². The standard InChI is InChI=1S/C30H47N3O6/c1-6-7-10-32(11-8-9-31)26(35)17-33-16-23(21-12-22(18-34)28-25(13-21)38-19-39-28)27(29(36)37)24(33)15-30(4,5)14-20(2)3/h12-14,23-24,27,34H,6-11,15-19,31H2,1-5H3,(H,36,37)/t23-,24+,27-/m1/s1. The Morgan fingerprint density at radius 3 is 2.54 bits per heavy atom. The highest BCUT2D eigenvalue weighted by Gasteiger charge is 2.49. The first-order chi connectivity index (χ1) is 18.5. The molecule has 2 aliphatic rings. The second kappa shape index (κ2) is 13.6. The van der Waals surface area contributed by atoms with Gasteiger partial charge in [-0.3, -0.25) is 14.5 Å². The average molecular weight is 546 g/mol. The van der Waals surface area contributed by atoms with Crippen LogP contribution in [0, 0.1) is 11.3 Å². The maximum atomic E-state index is 13.6. The van der Waals surface area contributed by atoms with Crippen LogP contribution in [-0.2, 0) is 16.2 Å². The zero-order chi connectivity index (χ0) is 28.7. The normalized spacial score (nSPS) is 20.7. The van der Waals surface area contributed by atoms with E-state index in [1.54, 1.807) is 0 Å². The number of aliphatic hydroxyl groups is 1. The van der Waals surface area contributed by atoms with E-state index in [9.17, 15) is 19.8 Å². The molecule has 2 heterocycles. The number of carboxylic acid groups (broad SMARTS) is 1. The first-order valence-corrected chi connectivity index (χ1v) is 14.1. The molecule has 0 radical (unpaired) electrons. The van der Waals surface area contributed by atoms with Crippen molar-refractivity contribution in [2.75, 3.05) is 39.5 Å². The van der Waals surface area contributed by atoms with Crippen molar-refractivity contribution in [2.24, 2.45) is 17.1 Å². The van der Waals surface area contributed by atoms with Crippen LogP contribution in [-0.4, -0.2) is 77.4 Å². The lowest BCUT2D eigenvalue weighted by Gasteiger charge is -2.34. The third-order valence-corrected chi connectivity index (χ3v) is 7.72. The van der Waals surface area contributed by atoms with Gasteiger partial charge in [0.15, 0.2) is 11.5 Å². The molecule has 3 atom stereocenters. The number of likely N-dealkylation sites (tertiary alicyclic amines) is 1. The fraction of sp³-hybridized carbons (Fsp3) is 0.667. The van der Waals surface area contributed by atoms with Crippen LogP contribution in [0.25, 0.3) is 0 Å². The Kier molecular flexibility index (Phi) is 10.8. The predicted octanol–water partition coefficient (Wildman–Crippen LogP) is 3.74. The number of carbonyl (C=O) groups is 2. The van der Waals surface area contributed by atoms with E-state index < -0.39 is 11.9 Å². The van der Waals surface area contributed by atoms with Crippen molar-refractivity contribution in [3.63, 3.8) is 0 Å². The molecule has 2 aliphatic heterocycles. The lowest BCUT2D eigenvalue weighted by atomic mass is 9.77. The summed E-state index contributed by atoms with van der Waals surface area (Å²) >= 11 is 0. The third-order valence-electron chi connectivity index (χ3n) is 7.72. The van der Waals surface area contributed by atoms with Crippen LogP contribution >= 0.6 is 0 Å². The van der Waals surface area contributed by atoms with Crippen LogP contribution in [0.2, 0.25) is 0 Å². The van der Waals surface area contributed by atoms with Gasteiger partial charge in [0.25, 0.3) is 0 Å². The van der Waals surface area contributed by atoms with Gasteiger partial charge in [0.05, 0.1) is 19.1 Å². The first kappa shape index (κ1) is 30.9. The van der Waals surface area contributed by atoms with Crippen LogP contribution in [0.4, 0.5) is 0 Å². The molecular formula is C30H47N3O6. The van der Waals surface area contributed by atoms with Gasteiger partial charge in [-0.1, -0.05) is 38.8 Å². The van der Waals surface area contributed by atoms with Crippen LogP contribution in [0.3, 0.4) is 0 Å². The maximum absolute atomic E-state index is 13.6. The summed E-state index contributed by atoms with van der Waals surface area (Å²) in [7, 11) is 0. The van der Waals surface area contributed by atoms with Crippen LogP contribution in [0.5, 0.6) is 11.5 Å². The largest absolute Gasteiger partial charge is 0.481 e. The summed E-state index contributed by atoms with van der Waals surface area (Å²) < 4.78 is 11.1. The minimum atomic E-state index is -0.887. The number of aliphatic carboxylic acids is 1. The number of nitrogens with two attached hydrogens (primary N) is 1. The number of carbonyl (C=O) groups excluding carboxylic acids is 1. The number of ether oxygens (including phenoxy) is 2. The highest BCUT2D eigenvalue weighted by molar-refractivity contribution is 5.79. The lowest BCUT2D eigenvalue weighted by molar-refractivity contribution is -0.144. The fourth-order valence-corrected chi connectivity index (χ4v) is 6.17. The molecule has 9 heteroatoms. The maximum Gasteiger partial charge on any atom is 0.308 e. The number of rotatable bonds is 14. The van der Waals surface area contributed by atoms with E-state index in [0.717, 1.165) is 24.8 Å². The molecule has 0 spiro atoms. The third kappa shape index (κ3) is 7.74. The van der Waals surface area contributed by atoms with E-state index in [0.29, 0.717) is 49.7 Å². The van der Waals surface area contributed by atoms with Gasteiger partial charge >= 0.3 is 5.97 Å². The average Bonchev–Trinajstić information content (AvgIpc) is 3.47. The number of aliphatic hydroxyl groups excluding tert-OH is 1. The molecule has 4 N–H and O–H groups in total. The number of unbranched alkanes of at least 4 members (excludes halogenated alkanes) is 1. The summed E-state index contributed by atoms with van der Waals surface area (Å²) in [5.41, 5.74) is 8.00. The molecule has 9 nitrogen and oxygen atoms in total. The zero-order valence-electron chi connectivity index (χ0n) is 24.2. The van der Waals surface area contributed by atoms with Gasteiger partial charge in [0.1, 0.15) is 0 Å². The van der Waals surface area contributed by atoms with Crippen molar-refractivity contribution >= 4 is 11.9 Å². The number of allylic oxidation sites excluding steroid dienone is 2. The molecule has 0 bridgehead atoms. The molecule has 1 aromatic rings. The quantitative estimate of drug-likeness (QED) is 0.302. The molecule has 3 rings (SSSR count). The summed E-state index contributed by atoms with van der Waals surface area (Å²) in [5, 5.41) is 20.5. The number of benzene rings is 1. The van der Waals surface area contributed by atoms with Crippen LogP contribution in [0.15, 0.2) is 23.8 Å². The summed E-state index contributed by atoms with van der Waals surface area (Å²) in [6.45, 7) is 12.6. The minimum absolute atomic E-state index is 0.00782. The number of hydrogen-bond acceptors (Lipinski definition) is 7. The Morgan fingerprint density at radius 2 is 1.92 bits per heavy atom. The number of hydrogen-bond donors (Lipinski definition) is 3. The Labute approximate surface area is 232 Å². The minimum Gasteiger partial charge on any atom is -0.481 e. The van der Waals surface area contributed by atoms with Crippen LogP contribution in [0.1, 0.15) is 77.3 Å². The molecule has 1 amide bonds. The van der Waals surface area contributed by atoms with E-state index in [-0.39, 0.29) is 43.2 Å². The van der Waals surface area contributed by atoms with Gasteiger partial charge in [0, 0.05) is 37.2 Å². The molecular weight excluding hydrogens is 498 g/mol. The zero-order valence-corrected chi connectivity index (χ0v) is 24.2. The van der Waals surface area contributed by atoms with Gasteiger partial charge in [-0.15, -0.1) is 0 Å². The van der Waals surface area contributed by atoms with E-state index in [1.807, 2.05) is 30.9 Å². The van der Waals surface area contributed by atoms with Gasteiger partial charge in [-0.2, -0.15) is 0 Å². The predicted molar refractivity (Wildman–Crippen MR) is 151 cm³/mol. The Balaban J connectivity index is 1.99. The van der Waals surface area contributed by atoms with Crippen molar-refractivity contribution in [3.8, 4) is 11.5 Å². The number of carboxylic acids is 1. The van der Waals surface area contributed by atoms with Gasteiger partial charge < -0.3 is 30.3 Å². The van der Waals surface area contributed by atoms with Gasteiger partial charge in [-0.05, 0) is 62.8 Å². The second-order valence-corrected chi connectivity index (χ2v) is 11.8. The van der Waals surface area contributed by atoms with Crippen LogP contribution < -0.4 is 15.2 Å². The molecule has 1 fully saturated rings. The van der Waals surface area contributed by atoms with E-state index in [1.165, 1.54) is 5.57 Å². The Hall–Kier alpha value is -2.62. The van der Waals surface area contributed by atoms with Crippen molar-refractivity contribution in [3.05, 3.63) is 34.9 Å². The molecule has 0 aromatic heterocycles. The SMILES string of the molecule is CCCCN(CCCN)C(=O)CN1C[C@H](c2cc(CO)c3c(c2)OCO3)[C@@H](C(=O)O)[C@@H]1CC(C)(C)C=C(C)C. The van der Waals surface area contributed by atoms with Crippen molar-refractivity contribution < 1.29 is 29.3 Å². The molecule has 218 valence electrons.